The SMILES string of the molecule is CCCCCCCCOc1ccc(-c2ccc(OC(=O)c3ccc(OC[C@H](F)CCCCCC)cc3F)cc2)cc1F. The van der Waals surface area contributed by atoms with Gasteiger partial charge in [0.15, 0.2) is 11.6 Å². The molecule has 0 bridgehead atoms. The van der Waals surface area contributed by atoms with E-state index in [1.165, 1.54) is 43.9 Å². The highest BCUT2D eigenvalue weighted by molar-refractivity contribution is 5.91. The Hall–Kier alpha value is -3.48. The molecule has 0 saturated heterocycles. The molecule has 0 fully saturated rings. The highest BCUT2D eigenvalue weighted by Crippen LogP contribution is 2.28. The summed E-state index contributed by atoms with van der Waals surface area (Å²) in [5.41, 5.74) is 1.11. The van der Waals surface area contributed by atoms with E-state index in [1.54, 1.807) is 36.4 Å². The van der Waals surface area contributed by atoms with Crippen molar-refractivity contribution in [3.63, 3.8) is 0 Å². The van der Waals surface area contributed by atoms with Gasteiger partial charge in [0.2, 0.25) is 0 Å². The van der Waals surface area contributed by atoms with E-state index < -0.39 is 23.8 Å². The molecule has 0 heterocycles. The first-order chi connectivity index (χ1) is 20.4. The summed E-state index contributed by atoms with van der Waals surface area (Å²) < 4.78 is 59.6. The molecular weight excluding hydrogens is 541 g/mol. The van der Waals surface area contributed by atoms with Crippen LogP contribution in [0, 0.1) is 11.6 Å². The molecule has 0 unspecified atom stereocenters. The standard InChI is InChI=1S/C35H43F3O4/c1-3-5-7-9-10-12-22-40-34-21-16-27(23-33(34)38)26-14-17-29(18-15-26)42-35(39)31-20-19-30(24-32(31)37)41-25-28(36)13-11-8-6-4-2/h14-21,23-24,28H,3-13,22,25H2,1-2H3/t28-/m1/s1. The minimum Gasteiger partial charge on any atom is -0.491 e. The fourth-order valence-electron chi connectivity index (χ4n) is 4.55. The van der Waals surface area contributed by atoms with Crippen molar-refractivity contribution in [2.24, 2.45) is 0 Å². The van der Waals surface area contributed by atoms with E-state index in [1.807, 2.05) is 0 Å². The van der Waals surface area contributed by atoms with Crippen LogP contribution in [-0.4, -0.2) is 25.4 Å². The average molecular weight is 585 g/mol. The fourth-order valence-corrected chi connectivity index (χ4v) is 4.55. The molecule has 3 aromatic rings. The van der Waals surface area contributed by atoms with E-state index in [9.17, 15) is 18.0 Å². The van der Waals surface area contributed by atoms with Gasteiger partial charge in [0, 0.05) is 6.07 Å². The van der Waals surface area contributed by atoms with E-state index in [0.717, 1.165) is 50.2 Å². The van der Waals surface area contributed by atoms with Gasteiger partial charge < -0.3 is 14.2 Å². The summed E-state index contributed by atoms with van der Waals surface area (Å²) in [5.74, 6) is -1.54. The molecule has 0 N–H and O–H groups in total. The van der Waals surface area contributed by atoms with Crippen molar-refractivity contribution in [3.8, 4) is 28.4 Å². The monoisotopic (exact) mass is 584 g/mol. The molecule has 0 aromatic heterocycles. The second kappa shape index (κ2) is 18.1. The zero-order valence-electron chi connectivity index (χ0n) is 24.8. The van der Waals surface area contributed by atoms with E-state index >= 15 is 0 Å². The maximum atomic E-state index is 14.6. The quantitative estimate of drug-likeness (QED) is 0.0799. The van der Waals surface area contributed by atoms with Gasteiger partial charge in [-0.15, -0.1) is 0 Å². The summed E-state index contributed by atoms with van der Waals surface area (Å²) in [7, 11) is 0. The van der Waals surface area contributed by atoms with Crippen LogP contribution in [0.15, 0.2) is 60.7 Å². The Kier molecular flexibility index (Phi) is 14.3. The van der Waals surface area contributed by atoms with E-state index in [4.69, 9.17) is 14.2 Å². The Morgan fingerprint density at radius 3 is 2.02 bits per heavy atom. The molecular formula is C35H43F3O4. The Labute approximate surface area is 248 Å². The van der Waals surface area contributed by atoms with Crippen molar-refractivity contribution >= 4 is 5.97 Å². The molecule has 0 amide bonds. The summed E-state index contributed by atoms with van der Waals surface area (Å²) in [4.78, 5) is 12.6. The Balaban J connectivity index is 1.48. The van der Waals surface area contributed by atoms with Crippen LogP contribution in [-0.2, 0) is 0 Å². The largest absolute Gasteiger partial charge is 0.491 e. The Morgan fingerprint density at radius 2 is 1.33 bits per heavy atom. The van der Waals surface area contributed by atoms with Crippen LogP contribution in [0.1, 0.15) is 94.8 Å². The number of carbonyl (C=O) groups excluding carboxylic acids is 1. The third-order valence-corrected chi connectivity index (χ3v) is 7.05. The number of alkyl halides is 1. The summed E-state index contributed by atoms with van der Waals surface area (Å²) in [6.07, 6.45) is 10.00. The van der Waals surface area contributed by atoms with Crippen molar-refractivity contribution in [1.82, 2.24) is 0 Å². The van der Waals surface area contributed by atoms with Gasteiger partial charge in [0.25, 0.3) is 0 Å². The Bertz CT molecular complexity index is 1230. The van der Waals surface area contributed by atoms with Crippen molar-refractivity contribution in [2.75, 3.05) is 13.2 Å². The third kappa shape index (κ3) is 11.1. The van der Waals surface area contributed by atoms with Crippen LogP contribution in [0.2, 0.25) is 0 Å². The lowest BCUT2D eigenvalue weighted by molar-refractivity contribution is 0.0729. The first-order valence-corrected chi connectivity index (χ1v) is 15.2. The lowest BCUT2D eigenvalue weighted by Gasteiger charge is -2.12. The molecule has 0 aliphatic heterocycles. The molecule has 3 rings (SSSR count). The van der Waals surface area contributed by atoms with Crippen LogP contribution in [0.25, 0.3) is 11.1 Å². The molecule has 0 aliphatic rings. The smallest absolute Gasteiger partial charge is 0.346 e. The molecule has 42 heavy (non-hydrogen) atoms. The number of esters is 1. The number of benzene rings is 3. The number of rotatable bonds is 19. The van der Waals surface area contributed by atoms with Gasteiger partial charge in [-0.05, 0) is 60.4 Å². The number of hydrogen-bond donors (Lipinski definition) is 0. The first-order valence-electron chi connectivity index (χ1n) is 15.2. The maximum Gasteiger partial charge on any atom is 0.346 e. The molecule has 0 saturated carbocycles. The average Bonchev–Trinajstić information content (AvgIpc) is 2.99. The molecule has 0 radical (unpaired) electrons. The highest BCUT2D eigenvalue weighted by Gasteiger charge is 2.16. The zero-order valence-corrected chi connectivity index (χ0v) is 24.8. The van der Waals surface area contributed by atoms with Gasteiger partial charge in [-0.1, -0.05) is 89.8 Å². The van der Waals surface area contributed by atoms with Crippen LogP contribution in [0.5, 0.6) is 17.2 Å². The second-order valence-electron chi connectivity index (χ2n) is 10.6. The van der Waals surface area contributed by atoms with Crippen molar-refractivity contribution < 1.29 is 32.2 Å². The molecule has 1 atom stereocenters. The zero-order chi connectivity index (χ0) is 30.2. The van der Waals surface area contributed by atoms with Crippen molar-refractivity contribution in [3.05, 3.63) is 77.9 Å². The van der Waals surface area contributed by atoms with E-state index in [-0.39, 0.29) is 29.4 Å². The van der Waals surface area contributed by atoms with Gasteiger partial charge in [0.1, 0.15) is 30.1 Å². The molecule has 7 heteroatoms. The van der Waals surface area contributed by atoms with Crippen LogP contribution in [0.4, 0.5) is 13.2 Å². The van der Waals surface area contributed by atoms with Gasteiger partial charge in [-0.3, -0.25) is 0 Å². The van der Waals surface area contributed by atoms with Gasteiger partial charge >= 0.3 is 5.97 Å². The molecule has 228 valence electrons. The second-order valence-corrected chi connectivity index (χ2v) is 10.6. The summed E-state index contributed by atoms with van der Waals surface area (Å²) >= 11 is 0. The van der Waals surface area contributed by atoms with Crippen molar-refractivity contribution in [1.29, 1.82) is 0 Å². The first kappa shape index (κ1) is 33.0. The van der Waals surface area contributed by atoms with Crippen LogP contribution >= 0.6 is 0 Å². The molecule has 0 aliphatic carbocycles. The number of ether oxygens (including phenoxy) is 3. The summed E-state index contributed by atoms with van der Waals surface area (Å²) in [6.45, 7) is 4.59. The van der Waals surface area contributed by atoms with Gasteiger partial charge in [0.05, 0.1) is 12.2 Å². The minimum absolute atomic E-state index is 0.149. The number of halogens is 3. The van der Waals surface area contributed by atoms with E-state index in [0.29, 0.717) is 18.6 Å². The summed E-state index contributed by atoms with van der Waals surface area (Å²) in [6, 6.07) is 15.0. The number of carbonyl (C=O) groups is 1. The normalized spacial score (nSPS) is 11.7. The number of unbranched alkanes of at least 4 members (excludes halogenated alkanes) is 8. The number of hydrogen-bond acceptors (Lipinski definition) is 4. The molecule has 4 nitrogen and oxygen atoms in total. The Morgan fingerprint density at radius 1 is 0.690 bits per heavy atom. The molecule has 0 spiro atoms. The van der Waals surface area contributed by atoms with Crippen LogP contribution in [0.3, 0.4) is 0 Å². The topological polar surface area (TPSA) is 44.8 Å². The highest BCUT2D eigenvalue weighted by atomic mass is 19.1. The third-order valence-electron chi connectivity index (χ3n) is 7.05. The van der Waals surface area contributed by atoms with Gasteiger partial charge in [-0.25, -0.2) is 18.0 Å². The predicted molar refractivity (Wildman–Crippen MR) is 161 cm³/mol. The summed E-state index contributed by atoms with van der Waals surface area (Å²) in [5, 5.41) is 0. The lowest BCUT2D eigenvalue weighted by Crippen LogP contribution is -2.14. The maximum absolute atomic E-state index is 14.6. The van der Waals surface area contributed by atoms with Crippen LogP contribution < -0.4 is 14.2 Å². The molecule has 3 aromatic carbocycles. The fraction of sp³-hybridized carbons (Fsp3) is 0.457. The van der Waals surface area contributed by atoms with Gasteiger partial charge in [-0.2, -0.15) is 0 Å². The van der Waals surface area contributed by atoms with Crippen molar-refractivity contribution in [2.45, 2.75) is 90.6 Å². The van der Waals surface area contributed by atoms with E-state index in [2.05, 4.69) is 13.8 Å². The lowest BCUT2D eigenvalue weighted by atomic mass is 10.1. The predicted octanol–water partition coefficient (Wildman–Crippen LogP) is 10.3. The minimum atomic E-state index is -1.13.